The molecule has 1 heterocycles. The highest BCUT2D eigenvalue weighted by Gasteiger charge is 2.14. The van der Waals surface area contributed by atoms with E-state index >= 15 is 0 Å². The summed E-state index contributed by atoms with van der Waals surface area (Å²) in [7, 11) is 0. The Hall–Kier alpha value is -1.84. The van der Waals surface area contributed by atoms with Crippen LogP contribution in [0, 0.1) is 0 Å². The molecule has 0 spiro atoms. The lowest BCUT2D eigenvalue weighted by atomic mass is 10.2. The minimum absolute atomic E-state index is 0.0112. The first-order chi connectivity index (χ1) is 12.9. The Bertz CT molecular complexity index is 1050. The molecule has 0 aliphatic heterocycles. The van der Waals surface area contributed by atoms with Gasteiger partial charge in [-0.25, -0.2) is 5.43 Å². The normalized spacial score (nSPS) is 11.3. The zero-order valence-electron chi connectivity index (χ0n) is 13.9. The molecule has 0 fully saturated rings. The molecular formula is C18H13Br3N2O4. The number of amides is 1. The maximum absolute atomic E-state index is 12.3. The number of ether oxygens (including phenoxy) is 1. The molecular weight excluding hydrogens is 548 g/mol. The van der Waals surface area contributed by atoms with Crippen LogP contribution in [-0.4, -0.2) is 23.8 Å². The second kappa shape index (κ2) is 8.45. The Morgan fingerprint density at radius 3 is 2.74 bits per heavy atom. The quantitative estimate of drug-likeness (QED) is 0.315. The van der Waals surface area contributed by atoms with Gasteiger partial charge in [-0.05, 0) is 74.7 Å². The van der Waals surface area contributed by atoms with Crippen LogP contribution in [0.2, 0.25) is 0 Å². The van der Waals surface area contributed by atoms with Crippen molar-refractivity contribution in [2.24, 2.45) is 5.10 Å². The third-order valence-electron chi connectivity index (χ3n) is 3.49. The van der Waals surface area contributed by atoms with Crippen molar-refractivity contribution in [3.63, 3.8) is 0 Å². The van der Waals surface area contributed by atoms with Crippen molar-refractivity contribution in [2.75, 3.05) is 6.61 Å². The fourth-order valence-electron chi connectivity index (χ4n) is 2.34. The predicted molar refractivity (Wildman–Crippen MR) is 114 cm³/mol. The largest absolute Gasteiger partial charge is 0.503 e. The van der Waals surface area contributed by atoms with Crippen molar-refractivity contribution in [1.29, 1.82) is 0 Å². The van der Waals surface area contributed by atoms with Gasteiger partial charge in [0.05, 0.1) is 21.8 Å². The van der Waals surface area contributed by atoms with Gasteiger partial charge in [-0.2, -0.15) is 5.10 Å². The Morgan fingerprint density at radius 1 is 1.22 bits per heavy atom. The number of hydrogen-bond donors (Lipinski definition) is 2. The van der Waals surface area contributed by atoms with E-state index in [0.717, 1.165) is 14.3 Å². The zero-order chi connectivity index (χ0) is 19.6. The molecule has 27 heavy (non-hydrogen) atoms. The summed E-state index contributed by atoms with van der Waals surface area (Å²) in [6.07, 6.45) is 1.44. The van der Waals surface area contributed by atoms with Crippen LogP contribution in [0.5, 0.6) is 11.5 Å². The molecule has 0 aliphatic carbocycles. The first-order valence-corrected chi connectivity index (χ1v) is 10.1. The molecule has 0 bridgehead atoms. The summed E-state index contributed by atoms with van der Waals surface area (Å²) in [5.41, 5.74) is 3.64. The number of nitrogens with zero attached hydrogens (tertiary/aromatic N) is 1. The number of rotatable bonds is 5. The molecule has 9 heteroatoms. The highest BCUT2D eigenvalue weighted by Crippen LogP contribution is 2.35. The van der Waals surface area contributed by atoms with Crippen LogP contribution in [-0.2, 0) is 0 Å². The van der Waals surface area contributed by atoms with Gasteiger partial charge in [-0.3, -0.25) is 4.79 Å². The van der Waals surface area contributed by atoms with Crippen molar-refractivity contribution < 1.29 is 19.1 Å². The van der Waals surface area contributed by atoms with Crippen molar-refractivity contribution in [1.82, 2.24) is 5.43 Å². The summed E-state index contributed by atoms with van der Waals surface area (Å²) in [4.78, 5) is 12.3. The first kappa shape index (κ1) is 19.9. The minimum atomic E-state index is -0.478. The molecule has 2 aromatic carbocycles. The molecule has 1 aromatic heterocycles. The van der Waals surface area contributed by atoms with Crippen molar-refractivity contribution in [3.05, 3.63) is 55.1 Å². The molecule has 2 N–H and O–H groups in total. The topological polar surface area (TPSA) is 84.1 Å². The summed E-state index contributed by atoms with van der Waals surface area (Å²) in [5.74, 6) is 0.000557. The van der Waals surface area contributed by atoms with Gasteiger partial charge in [0.1, 0.15) is 5.58 Å². The number of carbonyl (C=O) groups is 1. The van der Waals surface area contributed by atoms with Crippen LogP contribution in [0.3, 0.4) is 0 Å². The van der Waals surface area contributed by atoms with Gasteiger partial charge in [-0.15, -0.1) is 0 Å². The third kappa shape index (κ3) is 4.53. The van der Waals surface area contributed by atoms with E-state index in [9.17, 15) is 9.90 Å². The maximum atomic E-state index is 12.3. The van der Waals surface area contributed by atoms with Gasteiger partial charge in [0.25, 0.3) is 0 Å². The molecule has 1 amide bonds. The maximum Gasteiger partial charge on any atom is 0.307 e. The van der Waals surface area contributed by atoms with Crippen LogP contribution in [0.4, 0.5) is 0 Å². The van der Waals surface area contributed by atoms with Crippen LogP contribution in [0.15, 0.2) is 53.3 Å². The SMILES string of the molecule is CCOc1cc(/C=N\NC(=O)c2cc3cc(Br)cc(Br)c3o2)cc(Br)c1O. The van der Waals surface area contributed by atoms with E-state index in [1.54, 1.807) is 18.2 Å². The Kier molecular flexibility index (Phi) is 6.23. The number of benzene rings is 2. The molecule has 6 nitrogen and oxygen atoms in total. The molecule has 0 atom stereocenters. The van der Waals surface area contributed by atoms with Crippen LogP contribution < -0.4 is 10.2 Å². The second-order valence-electron chi connectivity index (χ2n) is 5.40. The number of fused-ring (bicyclic) bond motifs is 1. The first-order valence-electron chi connectivity index (χ1n) is 7.76. The highest BCUT2D eigenvalue weighted by molar-refractivity contribution is 9.11. The summed E-state index contributed by atoms with van der Waals surface area (Å²) in [6.45, 7) is 2.23. The number of aromatic hydroxyl groups is 1. The minimum Gasteiger partial charge on any atom is -0.503 e. The molecule has 0 unspecified atom stereocenters. The van der Waals surface area contributed by atoms with Gasteiger partial charge >= 0.3 is 5.91 Å². The monoisotopic (exact) mass is 558 g/mol. The Morgan fingerprint density at radius 2 is 2.00 bits per heavy atom. The second-order valence-corrected chi connectivity index (χ2v) is 8.02. The standard InChI is InChI=1S/C18H13Br3N2O4/c1-2-26-14-4-9(3-12(20)16(14)24)8-22-23-18(25)15-6-10-5-11(19)7-13(21)17(10)27-15/h3-8,24H,2H2,1H3,(H,23,25)/b22-8-. The van der Waals surface area contributed by atoms with Gasteiger partial charge in [0.15, 0.2) is 17.3 Å². The van der Waals surface area contributed by atoms with Gasteiger partial charge < -0.3 is 14.3 Å². The molecule has 0 radical (unpaired) electrons. The molecule has 3 rings (SSSR count). The lowest BCUT2D eigenvalue weighted by Gasteiger charge is -2.08. The average Bonchev–Trinajstić information content (AvgIpc) is 3.04. The fraction of sp³-hybridized carbons (Fsp3) is 0.111. The van der Waals surface area contributed by atoms with Crippen molar-refractivity contribution >= 4 is 70.9 Å². The summed E-state index contributed by atoms with van der Waals surface area (Å²) < 4.78 is 13.0. The van der Waals surface area contributed by atoms with Gasteiger partial charge in [0.2, 0.25) is 0 Å². The smallest absolute Gasteiger partial charge is 0.307 e. The molecule has 140 valence electrons. The van der Waals surface area contributed by atoms with Crippen LogP contribution in [0.25, 0.3) is 11.0 Å². The van der Waals surface area contributed by atoms with Crippen LogP contribution in [0.1, 0.15) is 23.0 Å². The lowest BCUT2D eigenvalue weighted by molar-refractivity contribution is 0.0929. The summed E-state index contributed by atoms with van der Waals surface area (Å²) in [5, 5.41) is 14.6. The molecule has 0 aliphatic rings. The number of nitrogens with one attached hydrogen (secondary N) is 1. The zero-order valence-corrected chi connectivity index (χ0v) is 18.7. The molecule has 0 saturated carbocycles. The number of phenolic OH excluding ortho intramolecular Hbond substituents is 1. The van der Waals surface area contributed by atoms with E-state index in [2.05, 4.69) is 58.3 Å². The predicted octanol–water partition coefficient (Wildman–Crippen LogP) is 5.59. The number of carbonyl (C=O) groups excluding carboxylic acids is 1. The van der Waals surface area contributed by atoms with Gasteiger partial charge in [0, 0.05) is 9.86 Å². The van der Waals surface area contributed by atoms with E-state index in [-0.39, 0.29) is 11.5 Å². The highest BCUT2D eigenvalue weighted by atomic mass is 79.9. The molecule has 3 aromatic rings. The van der Waals surface area contributed by atoms with E-state index < -0.39 is 5.91 Å². The van der Waals surface area contributed by atoms with E-state index in [4.69, 9.17) is 9.15 Å². The number of hydrazone groups is 1. The Balaban J connectivity index is 1.77. The van der Waals surface area contributed by atoms with E-state index in [1.165, 1.54) is 6.21 Å². The summed E-state index contributed by atoms with van der Waals surface area (Å²) >= 11 is 10.1. The average molecular weight is 561 g/mol. The number of hydrogen-bond acceptors (Lipinski definition) is 5. The summed E-state index contributed by atoms with van der Waals surface area (Å²) in [6, 6.07) is 8.61. The van der Waals surface area contributed by atoms with Gasteiger partial charge in [-0.1, -0.05) is 15.9 Å². The number of furan rings is 1. The lowest BCUT2D eigenvalue weighted by Crippen LogP contribution is -2.16. The fourth-order valence-corrected chi connectivity index (χ4v) is 4.14. The van der Waals surface area contributed by atoms with E-state index in [0.29, 0.717) is 28.0 Å². The van der Waals surface area contributed by atoms with Crippen LogP contribution >= 0.6 is 47.8 Å². The van der Waals surface area contributed by atoms with E-state index in [1.807, 2.05) is 19.1 Å². The molecule has 0 saturated heterocycles. The Labute approximate surface area is 180 Å². The third-order valence-corrected chi connectivity index (χ3v) is 5.14. The number of halogens is 3. The van der Waals surface area contributed by atoms with Crippen molar-refractivity contribution in [3.8, 4) is 11.5 Å². The van der Waals surface area contributed by atoms with Crippen molar-refractivity contribution in [2.45, 2.75) is 6.92 Å². The number of phenols is 1.